The number of carbonyl (C=O) groups is 1. The second-order valence-electron chi connectivity index (χ2n) is 3.34. The summed E-state index contributed by atoms with van der Waals surface area (Å²) in [5, 5.41) is 16.7. The molecule has 0 aliphatic carbocycles. The molecule has 0 fully saturated rings. The number of nitro benzene ring substituents is 1. The van der Waals surface area contributed by atoms with Crippen LogP contribution in [0.1, 0.15) is 10.4 Å². The van der Waals surface area contributed by atoms with Gasteiger partial charge < -0.3 is 15.6 Å². The third kappa shape index (κ3) is 2.12. The number of benzene rings is 1. The van der Waals surface area contributed by atoms with Crippen molar-refractivity contribution in [1.82, 2.24) is 5.16 Å². The Bertz CT molecular complexity index is 594. The van der Waals surface area contributed by atoms with E-state index in [2.05, 4.69) is 15.0 Å². The molecule has 1 amide bonds. The molecule has 18 heavy (non-hydrogen) atoms. The van der Waals surface area contributed by atoms with Gasteiger partial charge in [-0.2, -0.15) is 0 Å². The smallest absolute Gasteiger partial charge is 0.304 e. The maximum Gasteiger partial charge on any atom is 0.304 e. The standard InChI is InChI=1S/C10H8N4O4/c11-7-3-1-2-6(9(7)14(16)17)10(15)12-8-4-5-18-13-8/h1-5H,11H2,(H,12,13,15). The van der Waals surface area contributed by atoms with Gasteiger partial charge in [0.25, 0.3) is 5.91 Å². The molecule has 0 bridgehead atoms. The summed E-state index contributed by atoms with van der Waals surface area (Å²) in [6, 6.07) is 5.53. The lowest BCUT2D eigenvalue weighted by Gasteiger charge is -2.04. The first-order valence-corrected chi connectivity index (χ1v) is 4.84. The largest absolute Gasteiger partial charge is 0.393 e. The Balaban J connectivity index is 2.36. The molecule has 92 valence electrons. The van der Waals surface area contributed by atoms with Crippen molar-refractivity contribution in [2.75, 3.05) is 11.1 Å². The maximum atomic E-state index is 11.8. The zero-order valence-electron chi connectivity index (χ0n) is 8.99. The number of nitro groups is 1. The highest BCUT2D eigenvalue weighted by molar-refractivity contribution is 6.07. The zero-order valence-corrected chi connectivity index (χ0v) is 8.99. The van der Waals surface area contributed by atoms with Gasteiger partial charge in [-0.15, -0.1) is 0 Å². The predicted molar refractivity (Wildman–Crippen MR) is 62.0 cm³/mol. The molecule has 0 saturated carbocycles. The van der Waals surface area contributed by atoms with Crippen LogP contribution in [0.15, 0.2) is 35.1 Å². The van der Waals surface area contributed by atoms with E-state index < -0.39 is 16.5 Å². The van der Waals surface area contributed by atoms with Crippen LogP contribution in [0.2, 0.25) is 0 Å². The summed E-state index contributed by atoms with van der Waals surface area (Å²) in [6.07, 6.45) is 1.27. The van der Waals surface area contributed by atoms with E-state index in [1.54, 1.807) is 0 Å². The normalized spacial score (nSPS) is 10.0. The van der Waals surface area contributed by atoms with E-state index in [1.807, 2.05) is 0 Å². The van der Waals surface area contributed by atoms with Gasteiger partial charge >= 0.3 is 5.69 Å². The van der Waals surface area contributed by atoms with E-state index in [0.29, 0.717) is 0 Å². The van der Waals surface area contributed by atoms with E-state index in [1.165, 1.54) is 30.5 Å². The number of para-hydroxylation sites is 1. The van der Waals surface area contributed by atoms with Crippen LogP contribution in [0.3, 0.4) is 0 Å². The van der Waals surface area contributed by atoms with Crippen LogP contribution >= 0.6 is 0 Å². The molecule has 0 saturated heterocycles. The Morgan fingerprint density at radius 3 is 2.83 bits per heavy atom. The molecule has 2 aromatic rings. The van der Waals surface area contributed by atoms with Gasteiger partial charge in [-0.3, -0.25) is 14.9 Å². The second kappa shape index (κ2) is 4.53. The van der Waals surface area contributed by atoms with Gasteiger partial charge in [0, 0.05) is 6.07 Å². The molecule has 8 nitrogen and oxygen atoms in total. The molecular formula is C10H8N4O4. The van der Waals surface area contributed by atoms with E-state index in [-0.39, 0.29) is 17.1 Å². The van der Waals surface area contributed by atoms with Crippen LogP contribution in [0.4, 0.5) is 17.2 Å². The molecule has 2 rings (SSSR count). The van der Waals surface area contributed by atoms with Gasteiger partial charge in [0.15, 0.2) is 5.82 Å². The summed E-state index contributed by atoms with van der Waals surface area (Å²) in [5.41, 5.74) is 4.83. The minimum absolute atomic E-state index is 0.0761. The molecule has 0 spiro atoms. The van der Waals surface area contributed by atoms with Gasteiger partial charge in [-0.05, 0) is 12.1 Å². The average molecular weight is 248 g/mol. The van der Waals surface area contributed by atoms with Crippen molar-refractivity contribution >= 4 is 23.1 Å². The van der Waals surface area contributed by atoms with Crippen molar-refractivity contribution in [2.45, 2.75) is 0 Å². The summed E-state index contributed by atoms with van der Waals surface area (Å²) < 4.78 is 4.53. The first-order chi connectivity index (χ1) is 8.59. The number of hydrogen-bond donors (Lipinski definition) is 2. The van der Waals surface area contributed by atoms with Crippen molar-refractivity contribution in [3.63, 3.8) is 0 Å². The van der Waals surface area contributed by atoms with Crippen LogP contribution in [0.25, 0.3) is 0 Å². The molecule has 1 heterocycles. The zero-order chi connectivity index (χ0) is 13.1. The molecular weight excluding hydrogens is 240 g/mol. The van der Waals surface area contributed by atoms with Crippen molar-refractivity contribution in [3.8, 4) is 0 Å². The summed E-state index contributed by atoms with van der Waals surface area (Å²) in [4.78, 5) is 22.0. The lowest BCUT2D eigenvalue weighted by atomic mass is 10.1. The number of hydrogen-bond acceptors (Lipinski definition) is 6. The van der Waals surface area contributed by atoms with Crippen molar-refractivity contribution < 1.29 is 14.2 Å². The van der Waals surface area contributed by atoms with Crippen molar-refractivity contribution in [3.05, 3.63) is 46.2 Å². The summed E-state index contributed by atoms with van der Waals surface area (Å²) in [7, 11) is 0. The highest BCUT2D eigenvalue weighted by atomic mass is 16.6. The van der Waals surface area contributed by atoms with Crippen LogP contribution in [-0.4, -0.2) is 16.0 Å². The molecule has 8 heteroatoms. The molecule has 0 atom stereocenters. The number of nitrogens with two attached hydrogens (primary N) is 1. The maximum absolute atomic E-state index is 11.8. The molecule has 0 aliphatic heterocycles. The number of nitrogen functional groups attached to an aromatic ring is 1. The Morgan fingerprint density at radius 1 is 1.44 bits per heavy atom. The van der Waals surface area contributed by atoms with E-state index in [0.717, 1.165) is 0 Å². The Morgan fingerprint density at radius 2 is 2.22 bits per heavy atom. The minimum atomic E-state index is -0.701. The summed E-state index contributed by atoms with van der Waals surface area (Å²) in [6.45, 7) is 0. The number of aromatic nitrogens is 1. The third-order valence-corrected chi connectivity index (χ3v) is 2.17. The molecule has 1 aromatic heterocycles. The quantitative estimate of drug-likeness (QED) is 0.480. The van der Waals surface area contributed by atoms with Crippen LogP contribution in [0, 0.1) is 10.1 Å². The fourth-order valence-corrected chi connectivity index (χ4v) is 1.41. The molecule has 1 aromatic carbocycles. The van der Waals surface area contributed by atoms with Crippen LogP contribution in [0.5, 0.6) is 0 Å². The first kappa shape index (κ1) is 11.6. The van der Waals surface area contributed by atoms with E-state index >= 15 is 0 Å². The highest BCUT2D eigenvalue weighted by Gasteiger charge is 2.23. The Kier molecular flexibility index (Phi) is 2.92. The molecule has 3 N–H and O–H groups in total. The number of nitrogens with zero attached hydrogens (tertiary/aromatic N) is 2. The minimum Gasteiger partial charge on any atom is -0.393 e. The number of amides is 1. The van der Waals surface area contributed by atoms with Gasteiger partial charge in [-0.25, -0.2) is 0 Å². The van der Waals surface area contributed by atoms with Gasteiger partial charge in [0.2, 0.25) is 0 Å². The molecule has 0 unspecified atom stereocenters. The average Bonchev–Trinajstić information content (AvgIpc) is 2.80. The lowest BCUT2D eigenvalue weighted by molar-refractivity contribution is -0.384. The third-order valence-electron chi connectivity index (χ3n) is 2.17. The lowest BCUT2D eigenvalue weighted by Crippen LogP contribution is -2.15. The van der Waals surface area contributed by atoms with Crippen LogP contribution < -0.4 is 11.1 Å². The van der Waals surface area contributed by atoms with Crippen molar-refractivity contribution in [2.24, 2.45) is 0 Å². The topological polar surface area (TPSA) is 124 Å². The first-order valence-electron chi connectivity index (χ1n) is 4.84. The van der Waals surface area contributed by atoms with Gasteiger partial charge in [-0.1, -0.05) is 11.2 Å². The molecule has 0 aliphatic rings. The number of anilines is 2. The van der Waals surface area contributed by atoms with Crippen LogP contribution in [-0.2, 0) is 0 Å². The number of nitrogens with one attached hydrogen (secondary N) is 1. The molecule has 0 radical (unpaired) electrons. The SMILES string of the molecule is Nc1cccc(C(=O)Nc2ccon2)c1[N+](=O)[O-]. The van der Waals surface area contributed by atoms with Gasteiger partial charge in [0.1, 0.15) is 17.5 Å². The second-order valence-corrected chi connectivity index (χ2v) is 3.34. The fourth-order valence-electron chi connectivity index (χ4n) is 1.41. The predicted octanol–water partition coefficient (Wildman–Crippen LogP) is 1.42. The van der Waals surface area contributed by atoms with E-state index in [4.69, 9.17) is 5.73 Å². The number of rotatable bonds is 3. The summed E-state index contributed by atoms with van der Waals surface area (Å²) >= 11 is 0. The number of carbonyl (C=O) groups excluding carboxylic acids is 1. The van der Waals surface area contributed by atoms with Gasteiger partial charge in [0.05, 0.1) is 4.92 Å². The highest BCUT2D eigenvalue weighted by Crippen LogP contribution is 2.26. The Hall–Kier alpha value is -2.90. The van der Waals surface area contributed by atoms with Crippen molar-refractivity contribution in [1.29, 1.82) is 0 Å². The Labute approximate surface area is 101 Å². The van der Waals surface area contributed by atoms with E-state index in [9.17, 15) is 14.9 Å². The fraction of sp³-hybridized carbons (Fsp3) is 0. The summed E-state index contributed by atoms with van der Waals surface area (Å²) in [5.74, 6) is -0.514. The monoisotopic (exact) mass is 248 g/mol.